The lowest BCUT2D eigenvalue weighted by Gasteiger charge is -2.28. The molecular formula is C13H18N2O4. The molecule has 0 aromatic rings. The highest BCUT2D eigenvalue weighted by Crippen LogP contribution is 2.35. The van der Waals surface area contributed by atoms with E-state index in [4.69, 9.17) is 0 Å². The van der Waals surface area contributed by atoms with E-state index in [1.807, 2.05) is 0 Å². The topological polar surface area (TPSA) is 89.9 Å². The third-order valence-electron chi connectivity index (χ3n) is 3.40. The molecule has 0 aromatic heterocycles. The van der Waals surface area contributed by atoms with E-state index in [0.717, 1.165) is 0 Å². The largest absolute Gasteiger partial charge is 0.389 e. The van der Waals surface area contributed by atoms with Gasteiger partial charge in [-0.2, -0.15) is 0 Å². The van der Waals surface area contributed by atoms with Crippen LogP contribution in [0.2, 0.25) is 0 Å². The summed E-state index contributed by atoms with van der Waals surface area (Å²) in [6.45, 7) is 3.66. The summed E-state index contributed by atoms with van der Waals surface area (Å²) >= 11 is 0. The van der Waals surface area contributed by atoms with Gasteiger partial charge in [-0.25, -0.2) is 0 Å². The molecule has 0 spiro atoms. The van der Waals surface area contributed by atoms with E-state index < -0.39 is 23.5 Å². The predicted octanol–water partition coefficient (Wildman–Crippen LogP) is -0.362. The number of aliphatic hydroxyl groups is 2. The number of fused-ring (bicyclic) bond motifs is 1. The van der Waals surface area contributed by atoms with Crippen LogP contribution in [0.4, 0.5) is 0 Å². The van der Waals surface area contributed by atoms with Crippen LogP contribution in [0.25, 0.3) is 0 Å². The standard InChI is InChI=1S/C13H18N2O4/c1-8(6-9(2)16)12(18)14-11-7-10(17)13(19)4-3-5-15(11)13/h6-7,9,16,19H,3-5H2,1-2H3,(H,14,18)/b8-6+/t9-,13+/m1/s1. The zero-order valence-corrected chi connectivity index (χ0v) is 11.0. The van der Waals surface area contributed by atoms with Gasteiger partial charge in [0.25, 0.3) is 5.91 Å². The normalized spacial score (nSPS) is 28.2. The van der Waals surface area contributed by atoms with Gasteiger partial charge < -0.3 is 20.4 Å². The fourth-order valence-electron chi connectivity index (χ4n) is 2.45. The summed E-state index contributed by atoms with van der Waals surface area (Å²) < 4.78 is 0. The first kappa shape index (κ1) is 13.8. The molecule has 104 valence electrons. The Labute approximate surface area is 111 Å². The second-order valence-electron chi connectivity index (χ2n) is 5.01. The van der Waals surface area contributed by atoms with Gasteiger partial charge in [-0.1, -0.05) is 0 Å². The molecule has 3 N–H and O–H groups in total. The SMILES string of the molecule is C/C(=C\[C@@H](C)O)C(=O)NC1=CC(=O)[C@@]2(O)CCCN12. The smallest absolute Gasteiger partial charge is 0.252 e. The van der Waals surface area contributed by atoms with E-state index in [-0.39, 0.29) is 0 Å². The van der Waals surface area contributed by atoms with Crippen molar-refractivity contribution in [2.45, 2.75) is 38.5 Å². The third-order valence-corrected chi connectivity index (χ3v) is 3.40. The van der Waals surface area contributed by atoms with Gasteiger partial charge in [-0.3, -0.25) is 9.59 Å². The first-order valence-corrected chi connectivity index (χ1v) is 6.28. The maximum atomic E-state index is 11.9. The summed E-state index contributed by atoms with van der Waals surface area (Å²) in [7, 11) is 0. The number of amides is 1. The van der Waals surface area contributed by atoms with Gasteiger partial charge >= 0.3 is 0 Å². The highest BCUT2D eigenvalue weighted by atomic mass is 16.3. The highest BCUT2D eigenvalue weighted by Gasteiger charge is 2.50. The molecule has 0 unspecified atom stereocenters. The quantitative estimate of drug-likeness (QED) is 0.607. The second-order valence-corrected chi connectivity index (χ2v) is 5.01. The lowest BCUT2D eigenvalue weighted by molar-refractivity contribution is -0.142. The zero-order valence-electron chi connectivity index (χ0n) is 11.0. The van der Waals surface area contributed by atoms with Crippen LogP contribution in [-0.4, -0.2) is 45.2 Å². The number of hydrogen-bond acceptors (Lipinski definition) is 5. The van der Waals surface area contributed by atoms with Crippen LogP contribution in [0.3, 0.4) is 0 Å². The van der Waals surface area contributed by atoms with E-state index >= 15 is 0 Å². The van der Waals surface area contributed by atoms with Crippen molar-refractivity contribution in [1.29, 1.82) is 0 Å². The molecule has 1 saturated heterocycles. The molecule has 1 amide bonds. The fourth-order valence-corrected chi connectivity index (χ4v) is 2.45. The Morgan fingerprint density at radius 1 is 1.63 bits per heavy atom. The minimum absolute atomic E-state index is 0.327. The van der Waals surface area contributed by atoms with Crippen molar-refractivity contribution in [2.24, 2.45) is 0 Å². The number of rotatable bonds is 3. The lowest BCUT2D eigenvalue weighted by Crippen LogP contribution is -2.46. The van der Waals surface area contributed by atoms with Crippen molar-refractivity contribution in [2.75, 3.05) is 6.54 Å². The van der Waals surface area contributed by atoms with Crippen molar-refractivity contribution in [3.05, 3.63) is 23.5 Å². The fraction of sp³-hybridized carbons (Fsp3) is 0.538. The predicted molar refractivity (Wildman–Crippen MR) is 67.6 cm³/mol. The Balaban J connectivity index is 2.11. The van der Waals surface area contributed by atoms with Crippen LogP contribution in [0.5, 0.6) is 0 Å². The van der Waals surface area contributed by atoms with Crippen LogP contribution in [0.15, 0.2) is 23.5 Å². The summed E-state index contributed by atoms with van der Waals surface area (Å²) in [5.41, 5.74) is -1.12. The number of nitrogens with zero attached hydrogens (tertiary/aromatic N) is 1. The van der Waals surface area contributed by atoms with E-state index in [9.17, 15) is 19.8 Å². The Morgan fingerprint density at radius 3 is 2.95 bits per heavy atom. The van der Waals surface area contributed by atoms with E-state index in [1.54, 1.807) is 13.8 Å². The molecule has 6 heteroatoms. The van der Waals surface area contributed by atoms with E-state index in [1.165, 1.54) is 17.1 Å². The Kier molecular flexibility index (Phi) is 3.47. The monoisotopic (exact) mass is 266 g/mol. The lowest BCUT2D eigenvalue weighted by atomic mass is 10.1. The van der Waals surface area contributed by atoms with Crippen LogP contribution in [-0.2, 0) is 9.59 Å². The van der Waals surface area contributed by atoms with Crippen molar-refractivity contribution in [3.63, 3.8) is 0 Å². The van der Waals surface area contributed by atoms with Crippen LogP contribution >= 0.6 is 0 Å². The summed E-state index contributed by atoms with van der Waals surface area (Å²) in [5, 5.41) is 22.0. The first-order chi connectivity index (χ1) is 8.84. The average Bonchev–Trinajstić information content (AvgIpc) is 2.78. The second kappa shape index (κ2) is 4.79. The van der Waals surface area contributed by atoms with Gasteiger partial charge in [-0.05, 0) is 26.3 Å². The molecule has 2 heterocycles. The highest BCUT2D eigenvalue weighted by molar-refractivity contribution is 6.02. The van der Waals surface area contributed by atoms with E-state index in [2.05, 4.69) is 5.32 Å². The number of carbonyl (C=O) groups excluding carboxylic acids is 2. The maximum Gasteiger partial charge on any atom is 0.252 e. The molecule has 2 rings (SSSR count). The molecule has 0 bridgehead atoms. The molecule has 19 heavy (non-hydrogen) atoms. The average molecular weight is 266 g/mol. The summed E-state index contributed by atoms with van der Waals surface area (Å²) in [4.78, 5) is 25.1. The molecule has 6 nitrogen and oxygen atoms in total. The molecule has 0 radical (unpaired) electrons. The number of hydrogen-bond donors (Lipinski definition) is 3. The van der Waals surface area contributed by atoms with Crippen LogP contribution in [0, 0.1) is 0 Å². The zero-order chi connectivity index (χ0) is 14.2. The van der Waals surface area contributed by atoms with Gasteiger partial charge in [0.2, 0.25) is 11.5 Å². The molecule has 2 aliphatic heterocycles. The Bertz CT molecular complexity index is 481. The van der Waals surface area contributed by atoms with Gasteiger partial charge in [0.15, 0.2) is 0 Å². The number of aliphatic hydroxyl groups excluding tert-OH is 1. The van der Waals surface area contributed by atoms with Crippen molar-refractivity contribution >= 4 is 11.7 Å². The number of ketones is 1. The Hall–Kier alpha value is -1.66. The van der Waals surface area contributed by atoms with Crippen molar-refractivity contribution in [3.8, 4) is 0 Å². The number of nitrogens with one attached hydrogen (secondary N) is 1. The summed E-state index contributed by atoms with van der Waals surface area (Å²) in [5.74, 6) is -0.457. The van der Waals surface area contributed by atoms with Gasteiger partial charge in [0.1, 0.15) is 5.82 Å². The molecule has 2 aliphatic rings. The first-order valence-electron chi connectivity index (χ1n) is 6.28. The molecule has 1 fully saturated rings. The molecule has 0 aromatic carbocycles. The van der Waals surface area contributed by atoms with Gasteiger partial charge in [0, 0.05) is 24.6 Å². The summed E-state index contributed by atoms with van der Waals surface area (Å²) in [6, 6.07) is 0. The number of carbonyl (C=O) groups is 2. The van der Waals surface area contributed by atoms with Crippen LogP contribution in [0.1, 0.15) is 26.7 Å². The minimum Gasteiger partial charge on any atom is -0.389 e. The van der Waals surface area contributed by atoms with E-state index in [0.29, 0.717) is 30.8 Å². The molecule has 0 aliphatic carbocycles. The molecule has 0 saturated carbocycles. The third kappa shape index (κ3) is 2.41. The van der Waals surface area contributed by atoms with Crippen LogP contribution < -0.4 is 5.32 Å². The maximum absolute atomic E-state index is 11.9. The van der Waals surface area contributed by atoms with Crippen molar-refractivity contribution in [1.82, 2.24) is 10.2 Å². The molecular weight excluding hydrogens is 248 g/mol. The Morgan fingerprint density at radius 2 is 2.32 bits per heavy atom. The summed E-state index contributed by atoms with van der Waals surface area (Å²) in [6.07, 6.45) is 3.05. The minimum atomic E-state index is -1.48. The van der Waals surface area contributed by atoms with Crippen molar-refractivity contribution < 1.29 is 19.8 Å². The molecule has 2 atom stereocenters. The van der Waals surface area contributed by atoms with Gasteiger partial charge in [0.05, 0.1) is 6.10 Å². The van der Waals surface area contributed by atoms with Gasteiger partial charge in [-0.15, -0.1) is 0 Å².